The number of benzene rings is 1. The first kappa shape index (κ1) is 16.1. The number of ether oxygens (including phenoxy) is 2. The van der Waals surface area contributed by atoms with Crippen LogP contribution in [0.15, 0.2) is 18.2 Å². The fraction of sp³-hybridized carbons (Fsp3) is 0.538. The number of hydrogen-bond donors (Lipinski definition) is 1. The Bertz CT molecular complexity index is 388. The number of hydrogen-bond acceptors (Lipinski definition) is 3. The van der Waals surface area contributed by atoms with E-state index in [1.807, 2.05) is 0 Å². The third-order valence-electron chi connectivity index (χ3n) is 2.54. The van der Waals surface area contributed by atoms with Crippen LogP contribution in [-0.4, -0.2) is 38.0 Å². The molecule has 0 radical (unpaired) electrons. The van der Waals surface area contributed by atoms with Crippen molar-refractivity contribution in [2.24, 2.45) is 0 Å². The van der Waals surface area contributed by atoms with Crippen molar-refractivity contribution in [2.75, 3.05) is 20.3 Å². The van der Waals surface area contributed by atoms with E-state index >= 15 is 0 Å². The molecule has 108 valence electrons. The summed E-state index contributed by atoms with van der Waals surface area (Å²) < 4.78 is 33.5. The first-order valence-electron chi connectivity index (χ1n) is 5.89. The van der Waals surface area contributed by atoms with E-state index in [0.717, 1.165) is 5.56 Å². The van der Waals surface area contributed by atoms with Crippen LogP contribution >= 0.6 is 11.6 Å². The zero-order valence-electron chi connectivity index (χ0n) is 10.6. The average molecular weight is 295 g/mol. The van der Waals surface area contributed by atoms with Gasteiger partial charge in [0.1, 0.15) is 12.4 Å². The van der Waals surface area contributed by atoms with Crippen LogP contribution in [0.1, 0.15) is 12.0 Å². The number of halogens is 3. The van der Waals surface area contributed by atoms with E-state index in [9.17, 15) is 13.9 Å². The van der Waals surface area contributed by atoms with E-state index in [1.54, 1.807) is 18.2 Å². The number of alkyl halides is 2. The molecule has 0 saturated heterocycles. The summed E-state index contributed by atoms with van der Waals surface area (Å²) in [6.45, 7) is -0.512. The molecule has 1 rings (SSSR count). The van der Waals surface area contributed by atoms with Crippen LogP contribution < -0.4 is 4.74 Å². The SMILES string of the molecule is COc1ccc(Cl)cc1CC(O)CCOCC(F)F. The molecule has 1 aromatic rings. The topological polar surface area (TPSA) is 38.7 Å². The standard InChI is InChI=1S/C13H17ClF2O3/c1-18-12-3-2-10(14)6-9(12)7-11(17)4-5-19-8-13(15)16/h2-3,6,11,13,17H,4-5,7-8H2,1H3. The molecular weight excluding hydrogens is 278 g/mol. The molecule has 0 bridgehead atoms. The molecule has 6 heteroatoms. The van der Waals surface area contributed by atoms with Gasteiger partial charge in [-0.3, -0.25) is 0 Å². The summed E-state index contributed by atoms with van der Waals surface area (Å²) >= 11 is 5.87. The van der Waals surface area contributed by atoms with Gasteiger partial charge in [0.2, 0.25) is 0 Å². The Labute approximate surface area is 116 Å². The van der Waals surface area contributed by atoms with Gasteiger partial charge in [0.15, 0.2) is 0 Å². The van der Waals surface area contributed by atoms with Crippen molar-refractivity contribution in [3.8, 4) is 5.75 Å². The van der Waals surface area contributed by atoms with Crippen LogP contribution in [0.2, 0.25) is 5.02 Å². The summed E-state index contributed by atoms with van der Waals surface area (Å²) in [5, 5.41) is 10.4. The maximum absolute atomic E-state index is 11.8. The Morgan fingerprint density at radius 1 is 1.37 bits per heavy atom. The van der Waals surface area contributed by atoms with Crippen molar-refractivity contribution in [1.29, 1.82) is 0 Å². The lowest BCUT2D eigenvalue weighted by molar-refractivity contribution is 0.00508. The molecule has 0 aliphatic rings. The lowest BCUT2D eigenvalue weighted by Crippen LogP contribution is -2.15. The van der Waals surface area contributed by atoms with E-state index in [1.165, 1.54) is 7.11 Å². The fourth-order valence-corrected chi connectivity index (χ4v) is 1.85. The zero-order valence-corrected chi connectivity index (χ0v) is 11.4. The molecule has 1 N–H and O–H groups in total. The van der Waals surface area contributed by atoms with Crippen LogP contribution in [0, 0.1) is 0 Å². The second kappa shape index (κ2) is 8.30. The zero-order chi connectivity index (χ0) is 14.3. The molecule has 1 atom stereocenters. The molecule has 0 spiro atoms. The van der Waals surface area contributed by atoms with Crippen molar-refractivity contribution in [3.63, 3.8) is 0 Å². The summed E-state index contributed by atoms with van der Waals surface area (Å²) in [6, 6.07) is 5.13. The smallest absolute Gasteiger partial charge is 0.261 e. The van der Waals surface area contributed by atoms with Gasteiger partial charge < -0.3 is 14.6 Å². The van der Waals surface area contributed by atoms with Crippen molar-refractivity contribution < 1.29 is 23.4 Å². The minimum Gasteiger partial charge on any atom is -0.496 e. The number of aliphatic hydroxyl groups excluding tert-OH is 1. The molecular formula is C13H17ClF2O3. The van der Waals surface area contributed by atoms with Gasteiger partial charge in [0, 0.05) is 18.1 Å². The Hall–Kier alpha value is -0.910. The van der Waals surface area contributed by atoms with Gasteiger partial charge in [-0.1, -0.05) is 11.6 Å². The molecule has 0 saturated carbocycles. The average Bonchev–Trinajstić information content (AvgIpc) is 2.35. The number of rotatable bonds is 8. The van der Waals surface area contributed by atoms with Crippen LogP contribution in [0.5, 0.6) is 5.75 Å². The van der Waals surface area contributed by atoms with Crippen LogP contribution in [0.3, 0.4) is 0 Å². The largest absolute Gasteiger partial charge is 0.496 e. The molecule has 1 aromatic carbocycles. The summed E-state index contributed by atoms with van der Waals surface area (Å²) in [6.07, 6.45) is -2.56. The monoisotopic (exact) mass is 294 g/mol. The predicted octanol–water partition coefficient (Wildman–Crippen LogP) is 2.92. The Kier molecular flexibility index (Phi) is 7.05. The summed E-state index contributed by atoms with van der Waals surface area (Å²) in [4.78, 5) is 0. The second-order valence-electron chi connectivity index (χ2n) is 4.07. The molecule has 0 aliphatic heterocycles. The molecule has 1 unspecified atom stereocenters. The quantitative estimate of drug-likeness (QED) is 0.749. The predicted molar refractivity (Wildman–Crippen MR) is 69.2 cm³/mol. The number of aliphatic hydroxyl groups is 1. The molecule has 19 heavy (non-hydrogen) atoms. The second-order valence-corrected chi connectivity index (χ2v) is 4.51. The van der Waals surface area contributed by atoms with Gasteiger partial charge in [0.05, 0.1) is 13.2 Å². The van der Waals surface area contributed by atoms with E-state index < -0.39 is 19.1 Å². The van der Waals surface area contributed by atoms with Gasteiger partial charge in [0.25, 0.3) is 6.43 Å². The Morgan fingerprint density at radius 3 is 2.74 bits per heavy atom. The van der Waals surface area contributed by atoms with Gasteiger partial charge in [-0.15, -0.1) is 0 Å². The van der Waals surface area contributed by atoms with Crippen molar-refractivity contribution in [3.05, 3.63) is 28.8 Å². The maximum atomic E-state index is 11.8. The lowest BCUT2D eigenvalue weighted by atomic mass is 10.0. The van der Waals surface area contributed by atoms with Crippen LogP contribution in [0.4, 0.5) is 8.78 Å². The van der Waals surface area contributed by atoms with E-state index in [0.29, 0.717) is 17.2 Å². The first-order chi connectivity index (χ1) is 9.02. The highest BCUT2D eigenvalue weighted by molar-refractivity contribution is 6.30. The van der Waals surface area contributed by atoms with E-state index in [4.69, 9.17) is 21.1 Å². The van der Waals surface area contributed by atoms with E-state index in [2.05, 4.69) is 0 Å². The summed E-state index contributed by atoms with van der Waals surface area (Å²) in [7, 11) is 1.53. The minimum absolute atomic E-state index is 0.0917. The lowest BCUT2D eigenvalue weighted by Gasteiger charge is -2.14. The summed E-state index contributed by atoms with van der Waals surface area (Å²) in [5.41, 5.74) is 0.774. The van der Waals surface area contributed by atoms with Crippen molar-refractivity contribution >= 4 is 11.6 Å². The van der Waals surface area contributed by atoms with Gasteiger partial charge >= 0.3 is 0 Å². The molecule has 0 fully saturated rings. The van der Waals surface area contributed by atoms with Crippen molar-refractivity contribution in [1.82, 2.24) is 0 Å². The normalized spacial score (nSPS) is 12.7. The highest BCUT2D eigenvalue weighted by atomic mass is 35.5. The molecule has 0 aliphatic carbocycles. The van der Waals surface area contributed by atoms with Gasteiger partial charge in [-0.25, -0.2) is 8.78 Å². The molecule has 3 nitrogen and oxygen atoms in total. The fourth-order valence-electron chi connectivity index (χ4n) is 1.65. The Balaban J connectivity index is 2.43. The first-order valence-corrected chi connectivity index (χ1v) is 6.27. The van der Waals surface area contributed by atoms with E-state index in [-0.39, 0.29) is 13.0 Å². The summed E-state index contributed by atoms with van der Waals surface area (Å²) in [5.74, 6) is 0.636. The molecule has 0 heterocycles. The van der Waals surface area contributed by atoms with Gasteiger partial charge in [-0.2, -0.15) is 0 Å². The molecule has 0 amide bonds. The van der Waals surface area contributed by atoms with Gasteiger partial charge in [-0.05, 0) is 30.2 Å². The van der Waals surface area contributed by atoms with Crippen molar-refractivity contribution in [2.45, 2.75) is 25.4 Å². The minimum atomic E-state index is -2.48. The molecule has 0 aromatic heterocycles. The third-order valence-corrected chi connectivity index (χ3v) is 2.77. The number of methoxy groups -OCH3 is 1. The maximum Gasteiger partial charge on any atom is 0.261 e. The highest BCUT2D eigenvalue weighted by Crippen LogP contribution is 2.24. The van der Waals surface area contributed by atoms with Crippen LogP contribution in [-0.2, 0) is 11.2 Å². The van der Waals surface area contributed by atoms with Crippen LogP contribution in [0.25, 0.3) is 0 Å². The Morgan fingerprint density at radius 2 is 2.11 bits per heavy atom. The highest BCUT2D eigenvalue weighted by Gasteiger charge is 2.11. The third kappa shape index (κ3) is 6.18.